The number of hydrogen-bond acceptors (Lipinski definition) is 6. The molecule has 2 N–H and O–H groups in total. The van der Waals surface area contributed by atoms with Crippen molar-refractivity contribution >= 4 is 28.6 Å². The molecule has 0 bridgehead atoms. The Balaban J connectivity index is 1.25. The number of aromatic amines is 1. The van der Waals surface area contributed by atoms with Crippen molar-refractivity contribution in [3.8, 4) is 5.69 Å². The van der Waals surface area contributed by atoms with Crippen LogP contribution in [0.4, 0.5) is 5.82 Å². The van der Waals surface area contributed by atoms with Crippen molar-refractivity contribution < 1.29 is 14.3 Å². The molecule has 42 heavy (non-hydrogen) atoms. The van der Waals surface area contributed by atoms with Crippen LogP contribution in [0, 0.1) is 0 Å². The average molecular weight is 562 g/mol. The first-order valence-electron chi connectivity index (χ1n) is 14.1. The minimum Gasteiger partial charge on any atom is -0.449 e. The van der Waals surface area contributed by atoms with E-state index in [1.807, 2.05) is 60.7 Å². The van der Waals surface area contributed by atoms with Crippen molar-refractivity contribution in [1.82, 2.24) is 19.7 Å². The van der Waals surface area contributed by atoms with E-state index in [0.29, 0.717) is 29.6 Å². The first-order valence-corrected chi connectivity index (χ1v) is 14.1. The highest BCUT2D eigenvalue weighted by Gasteiger charge is 2.30. The van der Waals surface area contributed by atoms with E-state index in [-0.39, 0.29) is 17.8 Å². The highest BCUT2D eigenvalue weighted by molar-refractivity contribution is 6.06. The first kappa shape index (κ1) is 27.2. The molecule has 0 radical (unpaired) electrons. The number of benzene rings is 3. The van der Waals surface area contributed by atoms with Gasteiger partial charge in [0.1, 0.15) is 5.82 Å². The average Bonchev–Trinajstić information content (AvgIpc) is 3.38. The van der Waals surface area contributed by atoms with Crippen molar-refractivity contribution in [1.29, 1.82) is 0 Å². The number of rotatable bonds is 8. The lowest BCUT2D eigenvalue weighted by atomic mass is 9.95. The molecule has 3 heterocycles. The van der Waals surface area contributed by atoms with Crippen LogP contribution in [0.5, 0.6) is 0 Å². The van der Waals surface area contributed by atoms with E-state index in [4.69, 9.17) is 9.72 Å². The van der Waals surface area contributed by atoms with Gasteiger partial charge in [0.2, 0.25) is 0 Å². The van der Waals surface area contributed by atoms with Crippen molar-refractivity contribution in [3.05, 3.63) is 124 Å². The van der Waals surface area contributed by atoms with Crippen molar-refractivity contribution in [2.75, 3.05) is 11.9 Å². The molecule has 9 heteroatoms. The smallest absolute Gasteiger partial charge is 0.340 e. The number of pyridine rings is 1. The fraction of sp³-hybridized carbons (Fsp3) is 0.212. The number of esters is 1. The Hall–Kier alpha value is -5.02. The summed E-state index contributed by atoms with van der Waals surface area (Å²) in [5.74, 6) is -0.874. The second-order valence-electron chi connectivity index (χ2n) is 10.3. The summed E-state index contributed by atoms with van der Waals surface area (Å²) in [5, 5.41) is 6.30. The fourth-order valence-corrected chi connectivity index (χ4v) is 5.41. The van der Waals surface area contributed by atoms with E-state index in [1.165, 1.54) is 16.3 Å². The van der Waals surface area contributed by atoms with Gasteiger partial charge in [0.25, 0.3) is 11.5 Å². The number of ether oxygens (including phenoxy) is 1. The van der Waals surface area contributed by atoms with Crippen LogP contribution >= 0.6 is 0 Å². The molecule has 2 aromatic heterocycles. The number of fused-ring (bicyclic) bond motifs is 2. The number of carbonyl (C=O) groups is 2. The Morgan fingerprint density at radius 1 is 1.00 bits per heavy atom. The van der Waals surface area contributed by atoms with E-state index in [1.54, 1.807) is 19.1 Å². The number of para-hydroxylation sites is 2. The highest BCUT2D eigenvalue weighted by Crippen LogP contribution is 2.30. The maximum atomic E-state index is 13.9. The Bertz CT molecular complexity index is 1800. The number of nitrogens with zero attached hydrogens (tertiary/aromatic N) is 3. The molecule has 0 saturated heterocycles. The van der Waals surface area contributed by atoms with Gasteiger partial charge in [0.15, 0.2) is 6.10 Å². The molecule has 1 unspecified atom stereocenters. The van der Waals surface area contributed by atoms with E-state index in [2.05, 4.69) is 27.4 Å². The summed E-state index contributed by atoms with van der Waals surface area (Å²) >= 11 is 0. The van der Waals surface area contributed by atoms with Crippen molar-refractivity contribution in [2.24, 2.45) is 0 Å². The molecular weight excluding hydrogens is 530 g/mol. The molecular formula is C33H31N5O4. The van der Waals surface area contributed by atoms with E-state index in [0.717, 1.165) is 29.9 Å². The number of carbonyl (C=O) groups excluding carboxylic acids is 2. The fourth-order valence-electron chi connectivity index (χ4n) is 5.41. The van der Waals surface area contributed by atoms with Crippen molar-refractivity contribution in [2.45, 2.75) is 39.0 Å². The second kappa shape index (κ2) is 11.8. The van der Waals surface area contributed by atoms with Crippen LogP contribution in [0.25, 0.3) is 16.6 Å². The summed E-state index contributed by atoms with van der Waals surface area (Å²) in [4.78, 5) is 46.8. The number of nitrogens with one attached hydrogen (secondary N) is 2. The minimum atomic E-state index is -1.06. The number of anilines is 1. The summed E-state index contributed by atoms with van der Waals surface area (Å²) in [6.07, 6.45) is -0.101. The zero-order chi connectivity index (χ0) is 29.1. The quantitative estimate of drug-likeness (QED) is 0.262. The van der Waals surface area contributed by atoms with Crippen LogP contribution in [0.2, 0.25) is 0 Å². The Morgan fingerprint density at radius 3 is 2.48 bits per heavy atom. The van der Waals surface area contributed by atoms with Gasteiger partial charge in [-0.2, -0.15) is 0 Å². The summed E-state index contributed by atoms with van der Waals surface area (Å²) in [6.45, 7) is 3.89. The molecule has 0 saturated carbocycles. The molecule has 1 amide bonds. The number of aromatic nitrogens is 3. The number of H-pyrrole nitrogens is 1. The Kier molecular flexibility index (Phi) is 7.66. The van der Waals surface area contributed by atoms with E-state index in [9.17, 15) is 14.4 Å². The Labute approximate surface area is 242 Å². The third kappa shape index (κ3) is 5.59. The molecule has 1 aliphatic rings. The molecule has 5 aromatic rings. The molecule has 212 valence electrons. The summed E-state index contributed by atoms with van der Waals surface area (Å²) < 4.78 is 7.21. The van der Waals surface area contributed by atoms with Crippen molar-refractivity contribution in [3.63, 3.8) is 0 Å². The highest BCUT2D eigenvalue weighted by atomic mass is 16.5. The summed E-state index contributed by atoms with van der Waals surface area (Å²) in [7, 11) is 0. The van der Waals surface area contributed by atoms with Crippen LogP contribution in [0.3, 0.4) is 0 Å². The lowest BCUT2D eigenvalue weighted by Crippen LogP contribution is -2.35. The van der Waals surface area contributed by atoms with Crippen LogP contribution in [-0.4, -0.2) is 44.2 Å². The molecule has 9 nitrogen and oxygen atoms in total. The monoisotopic (exact) mass is 561 g/mol. The SMILES string of the molecule is CCC(OC(=O)c1c2c(nc3ccccc13)CCN(Cc1ccccc1)C2)C(=O)Nc1cc(=O)n(-c2ccccc2)[nH]1. The van der Waals surface area contributed by atoms with Gasteiger partial charge in [-0.3, -0.25) is 24.6 Å². The topological polar surface area (TPSA) is 109 Å². The van der Waals surface area contributed by atoms with E-state index >= 15 is 0 Å². The lowest BCUT2D eigenvalue weighted by molar-refractivity contribution is -0.124. The predicted molar refractivity (Wildman–Crippen MR) is 161 cm³/mol. The zero-order valence-electron chi connectivity index (χ0n) is 23.2. The zero-order valence-corrected chi connectivity index (χ0v) is 23.2. The van der Waals surface area contributed by atoms with Gasteiger partial charge in [-0.05, 0) is 30.2 Å². The number of amides is 1. The maximum Gasteiger partial charge on any atom is 0.340 e. The van der Waals surface area contributed by atoms with Crippen LogP contribution in [-0.2, 0) is 29.0 Å². The van der Waals surface area contributed by atoms with Gasteiger partial charge >= 0.3 is 5.97 Å². The maximum absolute atomic E-state index is 13.9. The minimum absolute atomic E-state index is 0.214. The summed E-state index contributed by atoms with van der Waals surface area (Å²) in [5.41, 5.74) is 4.39. The third-order valence-electron chi connectivity index (χ3n) is 7.48. The van der Waals surface area contributed by atoms with Gasteiger partial charge in [0.05, 0.1) is 16.8 Å². The molecule has 3 aromatic carbocycles. The van der Waals surface area contributed by atoms with Crippen LogP contribution in [0.15, 0.2) is 95.8 Å². The molecule has 6 rings (SSSR count). The largest absolute Gasteiger partial charge is 0.449 e. The normalized spacial score (nSPS) is 13.8. The van der Waals surface area contributed by atoms with Gasteiger partial charge < -0.3 is 10.1 Å². The molecule has 0 spiro atoms. The molecule has 0 aliphatic carbocycles. The Morgan fingerprint density at radius 2 is 1.71 bits per heavy atom. The van der Waals surface area contributed by atoms with E-state index < -0.39 is 18.0 Å². The van der Waals surface area contributed by atoms with Gasteiger partial charge in [-0.15, -0.1) is 0 Å². The lowest BCUT2D eigenvalue weighted by Gasteiger charge is -2.30. The second-order valence-corrected chi connectivity index (χ2v) is 10.3. The number of hydrogen-bond donors (Lipinski definition) is 2. The molecule has 1 atom stereocenters. The van der Waals surface area contributed by atoms with Crippen LogP contribution < -0.4 is 10.9 Å². The van der Waals surface area contributed by atoms with Gasteiger partial charge in [0, 0.05) is 48.8 Å². The molecule has 1 aliphatic heterocycles. The molecule has 0 fully saturated rings. The van der Waals surface area contributed by atoms with Gasteiger partial charge in [-0.25, -0.2) is 9.48 Å². The third-order valence-corrected chi connectivity index (χ3v) is 7.48. The standard InChI is InChI=1S/C33H31N5O4/c1-2-28(32(40)35-29-19-30(39)38(36-29)23-13-7-4-8-14-23)42-33(41)31-24-15-9-10-16-26(24)34-27-17-18-37(21-25(27)31)20-22-11-5-3-6-12-22/h3-16,19,28,36H,2,17-18,20-21H2,1H3,(H,35,40). The van der Waals surface area contributed by atoms with Gasteiger partial charge in [-0.1, -0.05) is 73.7 Å². The summed E-state index contributed by atoms with van der Waals surface area (Å²) in [6, 6.07) is 28.1. The first-order chi connectivity index (χ1) is 20.5. The van der Waals surface area contributed by atoms with Crippen LogP contribution in [0.1, 0.15) is 40.5 Å². The predicted octanol–water partition coefficient (Wildman–Crippen LogP) is 4.85.